The Morgan fingerprint density at radius 1 is 1.21 bits per heavy atom. The van der Waals surface area contributed by atoms with E-state index in [1.165, 1.54) is 6.92 Å². The molecule has 0 heterocycles. The largest absolute Gasteiger partial charge is 0.481 e. The molecule has 19 heavy (non-hydrogen) atoms. The molecule has 1 atom stereocenters. The van der Waals surface area contributed by atoms with E-state index >= 15 is 0 Å². The van der Waals surface area contributed by atoms with Gasteiger partial charge >= 0.3 is 12.0 Å². The number of aliphatic carboxylic acids is 1. The Morgan fingerprint density at radius 2 is 1.79 bits per heavy atom. The lowest BCUT2D eigenvalue weighted by Gasteiger charge is -2.22. The van der Waals surface area contributed by atoms with Gasteiger partial charge in [-0.05, 0) is 20.0 Å². The molecule has 0 radical (unpaired) electrons. The minimum absolute atomic E-state index is 0.101. The van der Waals surface area contributed by atoms with Crippen LogP contribution >= 0.6 is 0 Å². The van der Waals surface area contributed by atoms with Crippen LogP contribution in [0.4, 0.5) is 4.79 Å². The molecule has 2 amide bonds. The summed E-state index contributed by atoms with van der Waals surface area (Å²) in [5, 5.41) is 23.4. The second-order valence-electron chi connectivity index (χ2n) is 4.70. The van der Waals surface area contributed by atoms with Crippen LogP contribution in [-0.2, 0) is 4.79 Å². The summed E-state index contributed by atoms with van der Waals surface area (Å²) in [5.74, 6) is -1.10. The van der Waals surface area contributed by atoms with Gasteiger partial charge in [0, 0.05) is 19.6 Å². The van der Waals surface area contributed by atoms with Gasteiger partial charge < -0.3 is 25.7 Å². The van der Waals surface area contributed by atoms with Gasteiger partial charge in [0.05, 0.1) is 12.0 Å². The maximum absolute atomic E-state index is 11.4. The van der Waals surface area contributed by atoms with Crippen molar-refractivity contribution in [3.63, 3.8) is 0 Å². The van der Waals surface area contributed by atoms with E-state index in [2.05, 4.69) is 15.5 Å². The van der Waals surface area contributed by atoms with Crippen LogP contribution in [0.15, 0.2) is 0 Å². The molecule has 0 bridgehead atoms. The number of carbonyl (C=O) groups excluding carboxylic acids is 1. The summed E-state index contributed by atoms with van der Waals surface area (Å²) >= 11 is 0. The molecule has 0 aliphatic carbocycles. The number of hydrogen-bond donors (Lipinski definition) is 4. The van der Waals surface area contributed by atoms with Crippen LogP contribution in [0.2, 0.25) is 0 Å². The van der Waals surface area contributed by atoms with Gasteiger partial charge in [-0.2, -0.15) is 0 Å². The lowest BCUT2D eigenvalue weighted by Crippen LogP contribution is -2.47. The summed E-state index contributed by atoms with van der Waals surface area (Å²) < 4.78 is 0. The van der Waals surface area contributed by atoms with Crippen molar-refractivity contribution in [2.75, 3.05) is 32.7 Å². The standard InChI is InChI=1S/C12H25N3O4/c1-4-15(5-2)7-6-13-11(18)14-9-12(3,19)8-10(16)17/h19H,4-9H2,1-3H3,(H,16,17)(H2,13,14,18). The summed E-state index contributed by atoms with van der Waals surface area (Å²) in [6, 6.07) is -0.405. The predicted octanol–water partition coefficient (Wildman–Crippen LogP) is -0.147. The second-order valence-corrected chi connectivity index (χ2v) is 4.70. The Kier molecular flexibility index (Phi) is 8.09. The van der Waals surface area contributed by atoms with Crippen molar-refractivity contribution in [1.82, 2.24) is 15.5 Å². The third kappa shape index (κ3) is 9.26. The van der Waals surface area contributed by atoms with Gasteiger partial charge in [0.2, 0.25) is 0 Å². The smallest absolute Gasteiger partial charge is 0.314 e. The van der Waals surface area contributed by atoms with Gasteiger partial charge in [-0.3, -0.25) is 4.79 Å². The zero-order chi connectivity index (χ0) is 14.9. The molecule has 1 unspecified atom stereocenters. The lowest BCUT2D eigenvalue weighted by molar-refractivity contribution is -0.141. The van der Waals surface area contributed by atoms with Gasteiger partial charge in [0.1, 0.15) is 0 Å². The van der Waals surface area contributed by atoms with Crippen molar-refractivity contribution in [1.29, 1.82) is 0 Å². The molecular formula is C12H25N3O4. The van der Waals surface area contributed by atoms with E-state index in [4.69, 9.17) is 5.11 Å². The highest BCUT2D eigenvalue weighted by atomic mass is 16.4. The number of nitrogens with one attached hydrogen (secondary N) is 2. The van der Waals surface area contributed by atoms with Crippen LogP contribution in [0.1, 0.15) is 27.2 Å². The van der Waals surface area contributed by atoms with E-state index in [1.807, 2.05) is 13.8 Å². The van der Waals surface area contributed by atoms with E-state index < -0.39 is 24.0 Å². The fraction of sp³-hybridized carbons (Fsp3) is 0.833. The van der Waals surface area contributed by atoms with Crippen molar-refractivity contribution in [3.05, 3.63) is 0 Å². The first kappa shape index (κ1) is 17.7. The fourth-order valence-electron chi connectivity index (χ4n) is 1.59. The molecule has 0 aliphatic heterocycles. The summed E-state index contributed by atoms with van der Waals surface area (Å²) in [6.45, 7) is 8.48. The van der Waals surface area contributed by atoms with E-state index in [-0.39, 0.29) is 6.54 Å². The number of nitrogens with zero attached hydrogens (tertiary/aromatic N) is 1. The van der Waals surface area contributed by atoms with Gasteiger partial charge in [-0.1, -0.05) is 13.8 Å². The Labute approximate surface area is 114 Å². The molecular weight excluding hydrogens is 250 g/mol. The second kappa shape index (κ2) is 8.71. The molecule has 0 saturated heterocycles. The molecule has 0 aliphatic rings. The number of hydrogen-bond acceptors (Lipinski definition) is 4. The zero-order valence-electron chi connectivity index (χ0n) is 11.9. The Hall–Kier alpha value is -1.34. The van der Waals surface area contributed by atoms with Crippen LogP contribution in [0.5, 0.6) is 0 Å². The third-order valence-electron chi connectivity index (χ3n) is 2.77. The minimum Gasteiger partial charge on any atom is -0.481 e. The number of aliphatic hydroxyl groups is 1. The molecule has 0 aromatic rings. The third-order valence-corrected chi connectivity index (χ3v) is 2.77. The Morgan fingerprint density at radius 3 is 2.26 bits per heavy atom. The number of carboxylic acids is 1. The topological polar surface area (TPSA) is 102 Å². The SMILES string of the molecule is CCN(CC)CCNC(=O)NCC(C)(O)CC(=O)O. The van der Waals surface area contributed by atoms with Crippen molar-refractivity contribution < 1.29 is 19.8 Å². The summed E-state index contributed by atoms with van der Waals surface area (Å²) in [5.41, 5.74) is -1.44. The highest BCUT2D eigenvalue weighted by Gasteiger charge is 2.24. The first-order chi connectivity index (χ1) is 8.80. The van der Waals surface area contributed by atoms with Crippen molar-refractivity contribution in [2.24, 2.45) is 0 Å². The summed E-state index contributed by atoms with van der Waals surface area (Å²) in [6.07, 6.45) is -0.410. The quantitative estimate of drug-likeness (QED) is 0.469. The Bertz CT molecular complexity index is 291. The maximum atomic E-state index is 11.4. The maximum Gasteiger partial charge on any atom is 0.314 e. The molecule has 112 valence electrons. The summed E-state index contributed by atoms with van der Waals surface area (Å²) in [4.78, 5) is 24.1. The van der Waals surface area contributed by atoms with Crippen LogP contribution in [-0.4, -0.2) is 65.4 Å². The summed E-state index contributed by atoms with van der Waals surface area (Å²) in [7, 11) is 0. The normalized spacial score (nSPS) is 13.9. The van der Waals surface area contributed by atoms with E-state index in [0.29, 0.717) is 6.54 Å². The van der Waals surface area contributed by atoms with E-state index in [1.54, 1.807) is 0 Å². The molecule has 7 nitrogen and oxygen atoms in total. The first-order valence-corrected chi connectivity index (χ1v) is 6.49. The highest BCUT2D eigenvalue weighted by Crippen LogP contribution is 2.06. The molecule has 0 spiro atoms. The van der Waals surface area contributed by atoms with E-state index in [9.17, 15) is 14.7 Å². The molecule has 0 fully saturated rings. The fourth-order valence-corrected chi connectivity index (χ4v) is 1.59. The average Bonchev–Trinajstić information content (AvgIpc) is 2.31. The van der Waals surface area contributed by atoms with Crippen molar-refractivity contribution >= 4 is 12.0 Å². The molecule has 4 N–H and O–H groups in total. The minimum atomic E-state index is -1.44. The molecule has 0 rings (SSSR count). The first-order valence-electron chi connectivity index (χ1n) is 6.49. The molecule has 0 aromatic heterocycles. The van der Waals surface area contributed by atoms with Crippen LogP contribution < -0.4 is 10.6 Å². The van der Waals surface area contributed by atoms with Gasteiger partial charge in [0.15, 0.2) is 0 Å². The number of urea groups is 1. The van der Waals surface area contributed by atoms with Crippen molar-refractivity contribution in [3.8, 4) is 0 Å². The van der Waals surface area contributed by atoms with Crippen LogP contribution in [0.25, 0.3) is 0 Å². The monoisotopic (exact) mass is 275 g/mol. The number of amides is 2. The van der Waals surface area contributed by atoms with Crippen LogP contribution in [0, 0.1) is 0 Å². The Balaban J connectivity index is 3.84. The highest BCUT2D eigenvalue weighted by molar-refractivity contribution is 5.74. The molecule has 0 aromatic carbocycles. The van der Waals surface area contributed by atoms with Gasteiger partial charge in [0.25, 0.3) is 0 Å². The predicted molar refractivity (Wildman–Crippen MR) is 72.1 cm³/mol. The molecule has 7 heteroatoms. The molecule has 0 saturated carbocycles. The number of rotatable bonds is 9. The van der Waals surface area contributed by atoms with Gasteiger partial charge in [-0.25, -0.2) is 4.79 Å². The van der Waals surface area contributed by atoms with Crippen LogP contribution in [0.3, 0.4) is 0 Å². The number of likely N-dealkylation sites (N-methyl/N-ethyl adjacent to an activating group) is 1. The van der Waals surface area contributed by atoms with Gasteiger partial charge in [-0.15, -0.1) is 0 Å². The number of carbonyl (C=O) groups is 2. The average molecular weight is 275 g/mol. The zero-order valence-corrected chi connectivity index (χ0v) is 11.9. The van der Waals surface area contributed by atoms with Crippen molar-refractivity contribution in [2.45, 2.75) is 32.8 Å². The number of carboxylic acid groups (broad SMARTS) is 1. The lowest BCUT2D eigenvalue weighted by atomic mass is 10.0. The van der Waals surface area contributed by atoms with E-state index in [0.717, 1.165) is 19.6 Å².